The van der Waals surface area contributed by atoms with Crippen molar-refractivity contribution in [3.8, 4) is 0 Å². The standard InChI is InChI=1S/C9H12N2O2/c1-3-13-9(12)8-4-7(10)6(2)5-11-8/h4-5H,3H2,1-2H3,(H2,10,11). The molecule has 1 rings (SSSR count). The van der Waals surface area contributed by atoms with Crippen molar-refractivity contribution >= 4 is 11.7 Å². The van der Waals surface area contributed by atoms with Crippen LogP contribution in [0.4, 0.5) is 5.69 Å². The van der Waals surface area contributed by atoms with E-state index in [2.05, 4.69) is 4.98 Å². The number of carbonyl (C=O) groups is 1. The molecule has 0 aliphatic carbocycles. The van der Waals surface area contributed by atoms with Gasteiger partial charge in [0.15, 0.2) is 0 Å². The lowest BCUT2D eigenvalue weighted by Gasteiger charge is -2.03. The maximum absolute atomic E-state index is 11.2. The minimum Gasteiger partial charge on any atom is -0.461 e. The molecule has 0 atom stereocenters. The van der Waals surface area contributed by atoms with Crippen molar-refractivity contribution in [1.29, 1.82) is 0 Å². The number of pyridine rings is 1. The van der Waals surface area contributed by atoms with Crippen LogP contribution in [0.15, 0.2) is 12.3 Å². The average molecular weight is 180 g/mol. The molecule has 0 aromatic carbocycles. The minimum atomic E-state index is -0.436. The number of aromatic nitrogens is 1. The van der Waals surface area contributed by atoms with Crippen LogP contribution in [-0.2, 0) is 4.74 Å². The topological polar surface area (TPSA) is 65.2 Å². The highest BCUT2D eigenvalue weighted by Crippen LogP contribution is 2.10. The molecule has 0 fully saturated rings. The smallest absolute Gasteiger partial charge is 0.356 e. The average Bonchev–Trinajstić information content (AvgIpc) is 2.10. The van der Waals surface area contributed by atoms with E-state index in [0.717, 1.165) is 5.56 Å². The molecule has 2 N–H and O–H groups in total. The molecule has 13 heavy (non-hydrogen) atoms. The fourth-order valence-electron chi connectivity index (χ4n) is 0.856. The Hall–Kier alpha value is -1.58. The summed E-state index contributed by atoms with van der Waals surface area (Å²) in [5, 5.41) is 0. The second-order valence-electron chi connectivity index (χ2n) is 2.65. The second kappa shape index (κ2) is 3.89. The molecule has 0 spiro atoms. The number of anilines is 1. The van der Waals surface area contributed by atoms with Gasteiger partial charge in [0.05, 0.1) is 6.61 Å². The van der Waals surface area contributed by atoms with Crippen LogP contribution in [0.1, 0.15) is 23.0 Å². The van der Waals surface area contributed by atoms with E-state index in [4.69, 9.17) is 10.5 Å². The predicted octanol–water partition coefficient (Wildman–Crippen LogP) is 1.15. The number of esters is 1. The lowest BCUT2D eigenvalue weighted by molar-refractivity contribution is 0.0519. The highest BCUT2D eigenvalue weighted by Gasteiger charge is 2.08. The molecule has 1 heterocycles. The summed E-state index contributed by atoms with van der Waals surface area (Å²) in [6.45, 7) is 3.92. The van der Waals surface area contributed by atoms with Crippen molar-refractivity contribution in [2.75, 3.05) is 12.3 Å². The summed E-state index contributed by atoms with van der Waals surface area (Å²) in [4.78, 5) is 15.1. The van der Waals surface area contributed by atoms with Gasteiger partial charge in [-0.15, -0.1) is 0 Å². The summed E-state index contributed by atoms with van der Waals surface area (Å²) in [6.07, 6.45) is 1.56. The molecule has 0 radical (unpaired) electrons. The van der Waals surface area contributed by atoms with E-state index in [0.29, 0.717) is 12.3 Å². The lowest BCUT2D eigenvalue weighted by Crippen LogP contribution is -2.08. The van der Waals surface area contributed by atoms with Gasteiger partial charge in [-0.05, 0) is 25.5 Å². The van der Waals surface area contributed by atoms with Gasteiger partial charge in [-0.1, -0.05) is 0 Å². The molecule has 0 saturated heterocycles. The van der Waals surface area contributed by atoms with Crippen molar-refractivity contribution in [1.82, 2.24) is 4.98 Å². The molecule has 0 saturated carbocycles. The molecule has 0 aliphatic rings. The van der Waals surface area contributed by atoms with Crippen molar-refractivity contribution in [3.63, 3.8) is 0 Å². The number of nitrogens with zero attached hydrogens (tertiary/aromatic N) is 1. The Morgan fingerprint density at radius 1 is 1.69 bits per heavy atom. The van der Waals surface area contributed by atoms with Crippen LogP contribution in [0.3, 0.4) is 0 Å². The Morgan fingerprint density at radius 2 is 2.38 bits per heavy atom. The maximum Gasteiger partial charge on any atom is 0.356 e. The summed E-state index contributed by atoms with van der Waals surface area (Å²) in [5.74, 6) is -0.436. The lowest BCUT2D eigenvalue weighted by atomic mass is 10.2. The van der Waals surface area contributed by atoms with Crippen LogP contribution >= 0.6 is 0 Å². The first kappa shape index (κ1) is 9.51. The molecule has 0 aliphatic heterocycles. The van der Waals surface area contributed by atoms with Crippen molar-refractivity contribution in [2.24, 2.45) is 0 Å². The number of rotatable bonds is 2. The van der Waals surface area contributed by atoms with E-state index in [1.165, 1.54) is 6.07 Å². The van der Waals surface area contributed by atoms with Gasteiger partial charge in [-0.3, -0.25) is 0 Å². The number of hydrogen-bond acceptors (Lipinski definition) is 4. The molecule has 0 amide bonds. The van der Waals surface area contributed by atoms with Gasteiger partial charge < -0.3 is 10.5 Å². The number of hydrogen-bond donors (Lipinski definition) is 1. The van der Waals surface area contributed by atoms with Crippen molar-refractivity contribution in [3.05, 3.63) is 23.5 Å². The number of nitrogens with two attached hydrogens (primary N) is 1. The monoisotopic (exact) mass is 180 g/mol. The van der Waals surface area contributed by atoms with Crippen LogP contribution in [0.2, 0.25) is 0 Å². The van der Waals surface area contributed by atoms with Crippen LogP contribution in [0.5, 0.6) is 0 Å². The molecular weight excluding hydrogens is 168 g/mol. The van der Waals surface area contributed by atoms with E-state index in [1.807, 2.05) is 6.92 Å². The Morgan fingerprint density at radius 3 is 2.92 bits per heavy atom. The third kappa shape index (κ3) is 2.18. The zero-order valence-corrected chi connectivity index (χ0v) is 7.70. The van der Waals surface area contributed by atoms with Crippen LogP contribution < -0.4 is 5.73 Å². The highest BCUT2D eigenvalue weighted by molar-refractivity contribution is 5.88. The normalized spacial score (nSPS) is 9.69. The van der Waals surface area contributed by atoms with E-state index in [-0.39, 0.29) is 5.69 Å². The van der Waals surface area contributed by atoms with Crippen LogP contribution in [0, 0.1) is 6.92 Å². The first-order chi connectivity index (χ1) is 6.15. The van der Waals surface area contributed by atoms with Gasteiger partial charge in [0.25, 0.3) is 0 Å². The molecule has 0 bridgehead atoms. The van der Waals surface area contributed by atoms with Gasteiger partial charge in [-0.2, -0.15) is 0 Å². The van der Waals surface area contributed by atoms with Gasteiger partial charge >= 0.3 is 5.97 Å². The Kier molecular flexibility index (Phi) is 2.84. The molecular formula is C9H12N2O2. The third-order valence-corrected chi connectivity index (χ3v) is 1.63. The van der Waals surface area contributed by atoms with E-state index in [9.17, 15) is 4.79 Å². The van der Waals surface area contributed by atoms with Gasteiger partial charge in [0.1, 0.15) is 5.69 Å². The fourth-order valence-corrected chi connectivity index (χ4v) is 0.856. The number of ether oxygens (including phenoxy) is 1. The SMILES string of the molecule is CCOC(=O)c1cc(N)c(C)cn1. The zero-order valence-electron chi connectivity index (χ0n) is 7.70. The molecule has 1 aromatic rings. The fraction of sp³-hybridized carbons (Fsp3) is 0.333. The predicted molar refractivity (Wildman–Crippen MR) is 49.3 cm³/mol. The summed E-state index contributed by atoms with van der Waals surface area (Å²) < 4.78 is 4.77. The van der Waals surface area contributed by atoms with Crippen LogP contribution in [0.25, 0.3) is 0 Å². The quantitative estimate of drug-likeness (QED) is 0.693. The van der Waals surface area contributed by atoms with Crippen molar-refractivity contribution in [2.45, 2.75) is 13.8 Å². The summed E-state index contributed by atoms with van der Waals surface area (Å²) >= 11 is 0. The first-order valence-corrected chi connectivity index (χ1v) is 4.04. The molecule has 1 aromatic heterocycles. The Labute approximate surface area is 76.7 Å². The van der Waals surface area contributed by atoms with Crippen LogP contribution in [-0.4, -0.2) is 17.6 Å². The minimum absolute atomic E-state index is 0.255. The zero-order chi connectivity index (χ0) is 9.84. The number of nitrogen functional groups attached to an aromatic ring is 1. The second-order valence-corrected chi connectivity index (χ2v) is 2.65. The highest BCUT2D eigenvalue weighted by atomic mass is 16.5. The number of carbonyl (C=O) groups excluding carboxylic acids is 1. The third-order valence-electron chi connectivity index (χ3n) is 1.63. The number of aryl methyl sites for hydroxylation is 1. The molecule has 0 unspecified atom stereocenters. The van der Waals surface area contributed by atoms with Crippen molar-refractivity contribution < 1.29 is 9.53 Å². The molecule has 4 nitrogen and oxygen atoms in total. The molecule has 70 valence electrons. The Balaban J connectivity index is 2.90. The maximum atomic E-state index is 11.2. The van der Waals surface area contributed by atoms with E-state index in [1.54, 1.807) is 13.1 Å². The summed E-state index contributed by atoms with van der Waals surface area (Å²) in [7, 11) is 0. The summed E-state index contributed by atoms with van der Waals surface area (Å²) in [5.41, 5.74) is 7.27. The first-order valence-electron chi connectivity index (χ1n) is 4.04. The van der Waals surface area contributed by atoms with E-state index < -0.39 is 5.97 Å². The Bertz CT molecular complexity index is 323. The van der Waals surface area contributed by atoms with Gasteiger partial charge in [0.2, 0.25) is 0 Å². The van der Waals surface area contributed by atoms with Gasteiger partial charge in [0, 0.05) is 11.9 Å². The largest absolute Gasteiger partial charge is 0.461 e. The van der Waals surface area contributed by atoms with E-state index >= 15 is 0 Å². The molecule has 4 heteroatoms. The van der Waals surface area contributed by atoms with Gasteiger partial charge in [-0.25, -0.2) is 9.78 Å². The summed E-state index contributed by atoms with van der Waals surface area (Å²) in [6, 6.07) is 1.52.